The predicted octanol–water partition coefficient (Wildman–Crippen LogP) is 2.41. The van der Waals surface area contributed by atoms with Gasteiger partial charge in [0, 0.05) is 84.3 Å². The summed E-state index contributed by atoms with van der Waals surface area (Å²) in [6.45, 7) is 37.4. The number of hydrogen-bond acceptors (Lipinski definition) is 27. The number of hydrogen-bond donors (Lipinski definition) is 13. The number of ether oxygens (including phenoxy) is 6. The van der Waals surface area contributed by atoms with Crippen LogP contribution in [0.25, 0.3) is 6.20 Å². The molecule has 11 rings (SSSR count). The average molecular weight is 1690 g/mol. The molecule has 1 aromatic rings. The van der Waals surface area contributed by atoms with E-state index >= 15 is 0 Å². The maximum Gasteiger partial charge on any atom is 0.164 e. The lowest BCUT2D eigenvalue weighted by atomic mass is 10.1. The summed E-state index contributed by atoms with van der Waals surface area (Å²) in [5, 5.41) is 100. The van der Waals surface area contributed by atoms with Crippen LogP contribution in [0.5, 0.6) is 0 Å². The first-order valence-electron chi connectivity index (χ1n) is 38.2. The van der Waals surface area contributed by atoms with Crippen molar-refractivity contribution in [3.63, 3.8) is 0 Å². The van der Waals surface area contributed by atoms with E-state index in [1.807, 2.05) is 68.5 Å². The number of amidine groups is 3. The first-order chi connectivity index (χ1) is 52.9. The molecule has 11 heterocycles. The van der Waals surface area contributed by atoms with E-state index in [0.717, 1.165) is 65.3 Å². The zero-order valence-electron chi connectivity index (χ0n) is 70.2. The van der Waals surface area contributed by atoms with Gasteiger partial charge < -0.3 is 130 Å². The molecule has 114 heavy (non-hydrogen) atoms. The SMILES string of the molecule is C=C1N(C)C(N)C=CN1[C@@H]1O[C@H](CCP(=C)(C)C)[C@@H](O)[C@H]1O.C=C1N=C(N(C)C)C=CN1[C@@H]1O[C@H](CCP(=C)(C)C)[C@@H](O)[C@H]1O.C=C1N=c2[nH]c(C)cc2=CN1[C@@H]1O[C@H](CCP(=C)(C)C)[C@@H](O)[C@H]1O.C=C1NC(=NC)C=CN1[C@@H]1O[C@H](CCP(=C)(C)C)[C@@H](O)[C@H]1O.C=C1NC(=NC)C=CN1[C@@H]1O[C@H](CCP(=C)(C)C)[C@@H](O)[C@H]1OC. The molecule has 10 aliphatic rings. The molecular weight excluding hydrogens is 1550 g/mol. The van der Waals surface area contributed by atoms with Crippen molar-refractivity contribution >= 4 is 89.6 Å². The average Bonchev–Trinajstić information content (AvgIpc) is 1.61. The van der Waals surface area contributed by atoms with Gasteiger partial charge in [-0.15, -0.1) is 65.9 Å². The van der Waals surface area contributed by atoms with Gasteiger partial charge in [-0.25, -0.2) is 9.98 Å². The molecule has 5 saturated heterocycles. The third-order valence-electron chi connectivity index (χ3n) is 20.6. The third kappa shape index (κ3) is 25.9. The maximum atomic E-state index is 10.5. The van der Waals surface area contributed by atoms with Crippen LogP contribution in [0.1, 0.15) is 37.8 Å². The molecule has 10 aliphatic heterocycles. The molecule has 0 aromatic carbocycles. The van der Waals surface area contributed by atoms with E-state index in [0.29, 0.717) is 60.6 Å². The number of likely N-dealkylation sites (N-methyl/N-ethyl adjacent to an activating group) is 2. The standard InChI is InChI=1S/C17H26N3O3P.2C16H28N3O3P.C15H28N3O3P.C15H26N3O3P/c1-10-8-12-9-20(11(2)19-16(12)18-10)17-15(22)14(21)13(23-17)6-7-24(3,4)5;1-11-17-13(18(2)3)7-9-19(11)16-15(21)14(20)12(22-16)8-10-23(4,5)6;1-11-18-13(17-2)7-9-19(11)16-15(21-3)14(20)12(22-16)8-10-23(4,5)6;1-10-17(2)12(16)6-8-18(10)15-14(20)13(19)11(21-15)7-9-22(3,4)5;1-10-17-12(16-2)6-8-18(10)15-14(20)13(19)11(21-15)7-9-22(3,4)5/h8-9,13-15,17,21-22H,2-3,6-7H2,1,4-5H3,(H,18,19);7,9,12,14-16,20-21H,1,4,8,10H2,2-3,5-6H3;7,9,12,14-16,20H,1,4,8,10H2,2-3,5-6H3,(H,17,18);6,8,11-15,19-20H,1,3,7,9,16H2,2,4-5H3;6,8,11,13-15,19-20H,1,3,7,9H2,2,4-5H3,(H,16,17)/t13-,14-,15-,17-;2*12-,14-,15-,16-;11-,12?,13-,14-,15-;11-,13-,14-,15-/m11111/s1. The van der Waals surface area contributed by atoms with Gasteiger partial charge in [0.2, 0.25) is 0 Å². The molecule has 642 valence electrons. The van der Waals surface area contributed by atoms with E-state index < -0.39 is 139 Å². The molecule has 0 bridgehead atoms. The van der Waals surface area contributed by atoms with Crippen LogP contribution in [0.2, 0.25) is 0 Å². The van der Waals surface area contributed by atoms with Gasteiger partial charge in [0.15, 0.2) is 31.1 Å². The Morgan fingerprint density at radius 2 is 0.833 bits per heavy atom. The largest absolute Gasteiger partial charge is 0.388 e. The van der Waals surface area contributed by atoms with E-state index in [-0.39, 0.29) is 24.5 Å². The Labute approximate surface area is 677 Å². The molecule has 0 radical (unpaired) electrons. The number of aromatic amines is 1. The van der Waals surface area contributed by atoms with Crippen LogP contribution in [0, 0.1) is 6.92 Å². The van der Waals surface area contributed by atoms with Crippen LogP contribution >= 0.6 is 34.4 Å². The number of H-pyrrole nitrogens is 1. The number of aryl methyl sites for hydroxylation is 1. The second-order valence-corrected chi connectivity index (χ2v) is 55.7. The van der Waals surface area contributed by atoms with Crippen molar-refractivity contribution in [2.45, 2.75) is 168 Å². The van der Waals surface area contributed by atoms with Gasteiger partial charge in [0.1, 0.15) is 113 Å². The smallest absolute Gasteiger partial charge is 0.164 e. The lowest BCUT2D eigenvalue weighted by Crippen LogP contribution is -2.50. The number of aliphatic hydroxyl groups excluding tert-OH is 9. The molecule has 1 unspecified atom stereocenters. The number of aliphatic imine (C=N–C) groups is 3. The lowest BCUT2D eigenvalue weighted by molar-refractivity contribution is -0.0709. The number of nitrogens with one attached hydrogen (secondary N) is 3. The molecule has 0 saturated carbocycles. The highest BCUT2D eigenvalue weighted by Gasteiger charge is 2.51. The zero-order chi connectivity index (χ0) is 85.4. The Balaban J connectivity index is 0.000000197. The van der Waals surface area contributed by atoms with Crippen LogP contribution < -0.4 is 27.1 Å². The van der Waals surface area contributed by atoms with E-state index in [1.165, 1.54) is 0 Å². The Kier molecular flexibility index (Phi) is 33.8. The lowest BCUT2D eigenvalue weighted by Gasteiger charge is -2.40. The van der Waals surface area contributed by atoms with Crippen molar-refractivity contribution in [3.8, 4) is 0 Å². The molecule has 35 heteroatoms. The normalized spacial score (nSPS) is 33.0. The summed E-state index contributed by atoms with van der Waals surface area (Å²) in [4.78, 5) is 32.4. The number of nitrogens with two attached hydrogens (primary N) is 1. The first-order valence-corrected chi connectivity index (χ1v) is 53.5. The minimum Gasteiger partial charge on any atom is -0.388 e. The van der Waals surface area contributed by atoms with Gasteiger partial charge in [-0.05, 0) is 167 Å². The summed E-state index contributed by atoms with van der Waals surface area (Å²) in [7, 11) is 10.6. The topological polar surface area (TPSA) is 375 Å². The molecule has 14 N–H and O–H groups in total. The quantitative estimate of drug-likeness (QED) is 0.0786. The van der Waals surface area contributed by atoms with Crippen LogP contribution in [-0.2, 0) is 28.4 Å². The fourth-order valence-electron chi connectivity index (χ4n) is 13.7. The van der Waals surface area contributed by atoms with Gasteiger partial charge in [-0.2, -0.15) is 0 Å². The van der Waals surface area contributed by atoms with Crippen molar-refractivity contribution in [2.75, 3.05) is 140 Å². The minimum atomic E-state index is -1.20. The van der Waals surface area contributed by atoms with Gasteiger partial charge in [-0.1, -0.05) is 32.9 Å². The molecule has 0 amide bonds. The van der Waals surface area contributed by atoms with E-state index in [9.17, 15) is 46.0 Å². The van der Waals surface area contributed by atoms with Crippen LogP contribution in [0.4, 0.5) is 0 Å². The summed E-state index contributed by atoms with van der Waals surface area (Å²) in [6, 6.07) is 1.98. The number of aromatic nitrogens is 1. The van der Waals surface area contributed by atoms with Gasteiger partial charge in [0.25, 0.3) is 0 Å². The summed E-state index contributed by atoms with van der Waals surface area (Å²) in [5.41, 5.74) is 7.66. The van der Waals surface area contributed by atoms with Crippen molar-refractivity contribution in [3.05, 3.63) is 134 Å². The molecule has 5 fully saturated rings. The molecule has 21 atom stereocenters. The van der Waals surface area contributed by atoms with Crippen molar-refractivity contribution in [2.24, 2.45) is 25.7 Å². The number of rotatable bonds is 21. The van der Waals surface area contributed by atoms with Crippen LogP contribution in [0.15, 0.2) is 137 Å². The number of nitrogens with zero attached hydrogens (tertiary/aromatic N) is 11. The molecule has 0 spiro atoms. The summed E-state index contributed by atoms with van der Waals surface area (Å²) < 4.78 is 35.3. The van der Waals surface area contributed by atoms with Gasteiger partial charge in [0.05, 0.1) is 36.7 Å². The van der Waals surface area contributed by atoms with Gasteiger partial charge in [-0.3, -0.25) is 9.98 Å². The Morgan fingerprint density at radius 3 is 1.19 bits per heavy atom. The maximum absolute atomic E-state index is 10.5. The van der Waals surface area contributed by atoms with Crippen LogP contribution in [0.3, 0.4) is 0 Å². The monoisotopic (exact) mass is 1690 g/mol. The fourth-order valence-corrected chi connectivity index (χ4v) is 18.4. The second kappa shape index (κ2) is 40.2. The first kappa shape index (κ1) is 95.8. The van der Waals surface area contributed by atoms with Crippen molar-refractivity contribution < 1.29 is 74.4 Å². The zero-order valence-corrected chi connectivity index (χ0v) is 74.7. The molecule has 0 aliphatic carbocycles. The number of fused-ring (bicyclic) bond motifs is 1. The van der Waals surface area contributed by atoms with Crippen LogP contribution in [-0.4, -0.2) is 403 Å². The molecule has 30 nitrogen and oxygen atoms in total. The summed E-state index contributed by atoms with van der Waals surface area (Å²) in [5.74, 6) is 5.01. The highest BCUT2D eigenvalue weighted by molar-refractivity contribution is 7.73. The highest BCUT2D eigenvalue weighted by atomic mass is 31.2. The Hall–Kier alpha value is -5.32. The second-order valence-electron chi connectivity index (χ2n) is 34.1. The minimum absolute atomic E-state index is 0.250. The molecule has 1 aromatic heterocycles. The number of aliphatic hydroxyl groups is 9. The third-order valence-corrected chi connectivity index (χ3v) is 27.9. The predicted molar refractivity (Wildman–Crippen MR) is 477 cm³/mol. The molecular formula is C79H136N15O15P5. The van der Waals surface area contributed by atoms with E-state index in [4.69, 9.17) is 34.2 Å². The Morgan fingerprint density at radius 1 is 0.491 bits per heavy atom. The van der Waals surface area contributed by atoms with E-state index in [1.54, 1.807) is 76.5 Å². The summed E-state index contributed by atoms with van der Waals surface area (Å²) in [6.07, 6.45) is 31.5. The highest BCUT2D eigenvalue weighted by Crippen LogP contribution is 2.44. The Bertz CT molecular complexity index is 4170. The number of methoxy groups -OCH3 is 1. The summed E-state index contributed by atoms with van der Waals surface area (Å²) >= 11 is 0. The van der Waals surface area contributed by atoms with Crippen molar-refractivity contribution in [1.29, 1.82) is 0 Å². The van der Waals surface area contributed by atoms with Crippen molar-refractivity contribution in [1.82, 2.24) is 49.9 Å². The van der Waals surface area contributed by atoms with E-state index in [2.05, 4.69) is 167 Å². The fraction of sp³-hybridized carbons (Fsp3) is 0.608. The van der Waals surface area contributed by atoms with Gasteiger partial charge >= 0.3 is 0 Å².